The standard InChI is InChI=1S/2C17H19P.C7H7.ClH.Ni/c2*1-3-9-15(10-4-1)18(17-13-7-8-14-17)16-11-5-2-6-12-16;1-7-5-3-2-4-6-7;;/h2*1-6,9-12,17H,7-8,13-14H2;2-5H,1H3;1H;/q;;-1;;+1/p+1. The van der Waals surface area contributed by atoms with Gasteiger partial charge in [0.2, 0.25) is 0 Å². The van der Waals surface area contributed by atoms with Gasteiger partial charge in [-0.1, -0.05) is 79.7 Å². The molecule has 0 bridgehead atoms. The van der Waals surface area contributed by atoms with Gasteiger partial charge in [0, 0.05) is 0 Å². The van der Waals surface area contributed by atoms with Crippen molar-refractivity contribution in [1.29, 1.82) is 0 Å². The maximum atomic E-state index is 4.26. The number of benzene rings is 5. The quantitative estimate of drug-likeness (QED) is 0.0943. The first-order valence-corrected chi connectivity index (χ1v) is 20.8. The van der Waals surface area contributed by atoms with E-state index < -0.39 is 15.8 Å². The molecule has 0 heterocycles. The summed E-state index contributed by atoms with van der Waals surface area (Å²) >= 11 is 3.35. The number of halogens is 1. The number of hydrogen-bond acceptors (Lipinski definition) is 0. The van der Waals surface area contributed by atoms with Crippen LogP contribution in [-0.2, 0) is 14.6 Å². The summed E-state index contributed by atoms with van der Waals surface area (Å²) in [5.41, 5.74) is 3.06. The van der Waals surface area contributed by atoms with E-state index in [4.69, 9.17) is 0 Å². The van der Waals surface area contributed by atoms with Crippen molar-refractivity contribution in [2.24, 2.45) is 0 Å². The monoisotopic (exact) mass is 694 g/mol. The molecule has 237 valence electrons. The van der Waals surface area contributed by atoms with Crippen LogP contribution in [0, 0.1) is 13.0 Å². The molecule has 0 spiro atoms. The second-order valence-electron chi connectivity index (χ2n) is 11.8. The average Bonchev–Trinajstić information content (AvgIpc) is 3.85. The van der Waals surface area contributed by atoms with Gasteiger partial charge >= 0.3 is 24.8 Å². The Morgan fingerprint density at radius 1 is 0.467 bits per heavy atom. The van der Waals surface area contributed by atoms with Crippen molar-refractivity contribution in [3.05, 3.63) is 157 Å². The second-order valence-corrected chi connectivity index (χ2v) is 17.4. The van der Waals surface area contributed by atoms with Gasteiger partial charge in [0.1, 0.15) is 0 Å². The van der Waals surface area contributed by atoms with Crippen molar-refractivity contribution in [3.8, 4) is 0 Å². The van der Waals surface area contributed by atoms with E-state index in [1.165, 1.54) is 56.9 Å². The van der Waals surface area contributed by atoms with Crippen LogP contribution in [-0.4, -0.2) is 11.3 Å². The van der Waals surface area contributed by atoms with Crippen LogP contribution in [0.25, 0.3) is 0 Å². The van der Waals surface area contributed by atoms with Crippen LogP contribution in [0.15, 0.2) is 146 Å². The molecular weight excluding hydrogens is 649 g/mol. The molecule has 0 radical (unpaired) electrons. The molecule has 0 amide bonds. The van der Waals surface area contributed by atoms with Crippen LogP contribution in [0.2, 0.25) is 0 Å². The van der Waals surface area contributed by atoms with Gasteiger partial charge in [-0.05, 0) is 99.9 Å². The third-order valence-corrected chi connectivity index (χ3v) is 15.3. The minimum absolute atomic E-state index is 0.577. The van der Waals surface area contributed by atoms with Crippen LogP contribution < -0.4 is 21.2 Å². The largest absolute Gasteiger partial charge is 0.0969 e. The summed E-state index contributed by atoms with van der Waals surface area (Å²) in [6.07, 6.45) is 11.4. The molecule has 4 heteroatoms. The normalized spacial score (nSPS) is 14.5. The molecule has 0 N–H and O–H groups in total. The molecule has 0 saturated heterocycles. The average molecular weight is 696 g/mol. The third-order valence-electron chi connectivity index (χ3n) is 8.73. The topological polar surface area (TPSA) is 0 Å². The van der Waals surface area contributed by atoms with Gasteiger partial charge in [0.25, 0.3) is 0 Å². The fourth-order valence-electron chi connectivity index (χ4n) is 6.66. The molecule has 2 aliphatic carbocycles. The summed E-state index contributed by atoms with van der Waals surface area (Å²) in [6, 6.07) is 55.7. The van der Waals surface area contributed by atoms with Gasteiger partial charge in [0.15, 0.2) is 0 Å². The molecule has 7 rings (SSSR count). The first-order valence-electron chi connectivity index (χ1n) is 16.3. The summed E-state index contributed by atoms with van der Waals surface area (Å²) in [5, 5.41) is 6.34. The van der Waals surface area contributed by atoms with Gasteiger partial charge in [-0.3, -0.25) is 0 Å². The molecule has 0 atom stereocenters. The summed E-state index contributed by atoms with van der Waals surface area (Å²) in [6.45, 7) is 2.03. The number of rotatable bonds is 6. The molecule has 2 saturated carbocycles. The van der Waals surface area contributed by atoms with Crippen molar-refractivity contribution in [2.75, 3.05) is 0 Å². The zero-order chi connectivity index (χ0) is 31.5. The first kappa shape index (κ1) is 35.6. The summed E-state index contributed by atoms with van der Waals surface area (Å²) in [7, 11) is 3.11. The van der Waals surface area contributed by atoms with Crippen molar-refractivity contribution >= 4 is 47.3 Å². The Morgan fingerprint density at radius 3 is 0.978 bits per heavy atom. The van der Waals surface area contributed by atoms with Crippen LogP contribution in [0.4, 0.5) is 0 Å². The molecule has 0 aliphatic heterocycles. The van der Waals surface area contributed by atoms with Crippen LogP contribution in [0.5, 0.6) is 0 Å². The van der Waals surface area contributed by atoms with Crippen molar-refractivity contribution < 1.29 is 14.6 Å². The minimum Gasteiger partial charge on any atom is -0.0620 e. The third kappa shape index (κ3) is 11.5. The summed E-state index contributed by atoms with van der Waals surface area (Å²) in [4.78, 5) is 0. The maximum Gasteiger partial charge on any atom is 0.0969 e. The SMILES string of the molecule is Cc1[c-]cccc1.[Cl][Ni].c1ccc([PH+](c2ccccc2)C2CCCC2)cc1.c1ccc([PH+](c2ccccc2)C2CCCC2)cc1. The smallest absolute Gasteiger partial charge is 0.0620 e. The molecule has 5 aromatic rings. The van der Waals surface area contributed by atoms with Gasteiger partial charge < -0.3 is 0 Å². The predicted molar refractivity (Wildman–Crippen MR) is 201 cm³/mol. The molecule has 45 heavy (non-hydrogen) atoms. The van der Waals surface area contributed by atoms with Gasteiger partial charge in [0.05, 0.1) is 48.4 Å². The van der Waals surface area contributed by atoms with E-state index >= 15 is 0 Å². The predicted octanol–water partition coefficient (Wildman–Crippen LogP) is 10.1. The minimum atomic E-state index is -0.577. The van der Waals surface area contributed by atoms with E-state index in [2.05, 4.69) is 152 Å². The Morgan fingerprint density at radius 2 is 0.756 bits per heavy atom. The van der Waals surface area contributed by atoms with E-state index in [0.717, 1.165) is 11.3 Å². The Kier molecular flexibility index (Phi) is 16.4. The van der Waals surface area contributed by atoms with Gasteiger partial charge in [-0.15, -0.1) is 0 Å². The zero-order valence-corrected chi connectivity index (χ0v) is 30.1. The Labute approximate surface area is 287 Å². The molecule has 0 unspecified atom stereocenters. The Bertz CT molecular complexity index is 1250. The molecule has 5 aromatic carbocycles. The van der Waals surface area contributed by atoms with Gasteiger partial charge in [-0.2, -0.15) is 35.9 Å². The zero-order valence-electron chi connectivity index (χ0n) is 26.4. The Balaban J connectivity index is 0.000000162. The van der Waals surface area contributed by atoms with E-state index in [0.29, 0.717) is 0 Å². The van der Waals surface area contributed by atoms with E-state index in [1.54, 1.807) is 21.2 Å². The molecule has 0 nitrogen and oxygen atoms in total. The fourth-order valence-corrected chi connectivity index (χ4v) is 13.4. The molecule has 2 fully saturated rings. The van der Waals surface area contributed by atoms with Crippen LogP contribution in [0.1, 0.15) is 56.9 Å². The Hall–Kier alpha value is -2.26. The summed E-state index contributed by atoms with van der Waals surface area (Å²) < 4.78 is 0. The van der Waals surface area contributed by atoms with Crippen molar-refractivity contribution in [3.63, 3.8) is 0 Å². The summed E-state index contributed by atoms with van der Waals surface area (Å²) in [5.74, 6) is 0. The fraction of sp³-hybridized carbons (Fsp3) is 0.268. The molecule has 0 aromatic heterocycles. The van der Waals surface area contributed by atoms with Crippen LogP contribution >= 0.6 is 26.0 Å². The molecular formula is C41H47ClNiP2+. The van der Waals surface area contributed by atoms with Crippen molar-refractivity contribution in [1.82, 2.24) is 0 Å². The maximum absolute atomic E-state index is 4.26. The van der Waals surface area contributed by atoms with Crippen LogP contribution in [0.3, 0.4) is 0 Å². The van der Waals surface area contributed by atoms with E-state index in [9.17, 15) is 0 Å². The van der Waals surface area contributed by atoms with Crippen molar-refractivity contribution in [2.45, 2.75) is 69.6 Å². The van der Waals surface area contributed by atoms with E-state index in [-0.39, 0.29) is 0 Å². The first-order chi connectivity index (χ1) is 22.3. The second kappa shape index (κ2) is 20.8. The number of hydrogen-bond donors (Lipinski definition) is 0. The van der Waals surface area contributed by atoms with Gasteiger partial charge in [-0.25, -0.2) is 0 Å². The molecule has 2 aliphatic rings. The number of aryl methyl sites for hydroxylation is 1. The van der Waals surface area contributed by atoms with E-state index in [1.807, 2.05) is 31.2 Å².